The van der Waals surface area contributed by atoms with Crippen molar-refractivity contribution in [2.24, 2.45) is 0 Å². The Kier molecular flexibility index (Phi) is 4.44. The molecule has 0 radical (unpaired) electrons. The quantitative estimate of drug-likeness (QED) is 0.713. The Morgan fingerprint density at radius 3 is 2.73 bits per heavy atom. The maximum Gasteiger partial charge on any atom is 0.264 e. The van der Waals surface area contributed by atoms with Gasteiger partial charge in [0.2, 0.25) is 0 Å². The molecule has 5 heteroatoms. The molecular formula is C21H21N3O2. The van der Waals surface area contributed by atoms with Gasteiger partial charge in [-0.3, -0.25) is 9.48 Å². The zero-order valence-electron chi connectivity index (χ0n) is 14.7. The van der Waals surface area contributed by atoms with E-state index in [1.807, 2.05) is 66.6 Å². The molecular weight excluding hydrogens is 326 g/mol. The Hall–Kier alpha value is -3.08. The molecule has 26 heavy (non-hydrogen) atoms. The number of carbonyl (C=O) groups is 1. The number of hydrogen-bond donors (Lipinski definition) is 0. The summed E-state index contributed by atoms with van der Waals surface area (Å²) in [5.74, 6) is 0.812. The van der Waals surface area contributed by atoms with Gasteiger partial charge in [0.05, 0.1) is 12.7 Å². The minimum Gasteiger partial charge on any atom is -0.480 e. The van der Waals surface area contributed by atoms with Crippen LogP contribution in [-0.2, 0) is 24.3 Å². The topological polar surface area (TPSA) is 47.4 Å². The molecule has 0 saturated carbocycles. The van der Waals surface area contributed by atoms with Crippen LogP contribution in [0.3, 0.4) is 0 Å². The number of hydrogen-bond acceptors (Lipinski definition) is 3. The average molecular weight is 347 g/mol. The van der Waals surface area contributed by atoms with E-state index in [2.05, 4.69) is 17.2 Å². The van der Waals surface area contributed by atoms with Crippen LogP contribution in [0.2, 0.25) is 0 Å². The van der Waals surface area contributed by atoms with Gasteiger partial charge in [-0.1, -0.05) is 48.5 Å². The van der Waals surface area contributed by atoms with Gasteiger partial charge in [-0.05, 0) is 17.2 Å². The van der Waals surface area contributed by atoms with Crippen LogP contribution >= 0.6 is 0 Å². The van der Waals surface area contributed by atoms with E-state index >= 15 is 0 Å². The second kappa shape index (κ2) is 7.04. The lowest BCUT2D eigenvalue weighted by molar-refractivity contribution is -0.137. The molecule has 0 N–H and O–H groups in total. The molecule has 0 bridgehead atoms. The van der Waals surface area contributed by atoms with Crippen LogP contribution < -0.4 is 4.74 Å². The molecule has 1 atom stereocenters. The third kappa shape index (κ3) is 3.47. The fraction of sp³-hybridized carbons (Fsp3) is 0.238. The van der Waals surface area contributed by atoms with Crippen LogP contribution in [0.1, 0.15) is 16.7 Å². The maximum absolute atomic E-state index is 12.7. The molecule has 5 nitrogen and oxygen atoms in total. The Bertz CT molecular complexity index is 879. The largest absolute Gasteiger partial charge is 0.480 e. The molecule has 1 aliphatic rings. The van der Waals surface area contributed by atoms with E-state index in [-0.39, 0.29) is 5.91 Å². The average Bonchev–Trinajstić information content (AvgIpc) is 3.28. The third-order valence-corrected chi connectivity index (χ3v) is 4.59. The highest BCUT2D eigenvalue weighted by Crippen LogP contribution is 2.28. The minimum atomic E-state index is -0.434. The summed E-state index contributed by atoms with van der Waals surface area (Å²) in [6.07, 6.45) is 4.00. The highest BCUT2D eigenvalue weighted by molar-refractivity contribution is 5.82. The second-order valence-electron chi connectivity index (χ2n) is 6.64. The molecule has 0 unspecified atom stereocenters. The Morgan fingerprint density at radius 1 is 1.15 bits per heavy atom. The standard InChI is InChI=1S/C21H21N3O2/c1-23(21(25)20-11-18-9-5-6-10-19(18)26-20)13-17-12-22-24(15-17)14-16-7-3-2-4-8-16/h2-10,12,15,20H,11,13-14H2,1H3/t20-/m0/s1. The van der Waals surface area contributed by atoms with Crippen LogP contribution in [0.4, 0.5) is 0 Å². The lowest BCUT2D eigenvalue weighted by atomic mass is 10.1. The van der Waals surface area contributed by atoms with Crippen molar-refractivity contribution in [3.8, 4) is 5.75 Å². The van der Waals surface area contributed by atoms with E-state index in [1.54, 1.807) is 4.90 Å². The smallest absolute Gasteiger partial charge is 0.264 e. The first-order valence-corrected chi connectivity index (χ1v) is 8.74. The van der Waals surface area contributed by atoms with Crippen LogP contribution in [0.15, 0.2) is 67.0 Å². The highest BCUT2D eigenvalue weighted by atomic mass is 16.5. The number of nitrogens with zero attached hydrogens (tertiary/aromatic N) is 3. The number of aromatic nitrogens is 2. The first kappa shape index (κ1) is 16.4. The van der Waals surface area contributed by atoms with Crippen molar-refractivity contribution in [2.75, 3.05) is 7.05 Å². The van der Waals surface area contributed by atoms with Crippen molar-refractivity contribution in [2.45, 2.75) is 25.6 Å². The number of rotatable bonds is 5. The molecule has 4 rings (SSSR count). The van der Waals surface area contributed by atoms with Crippen molar-refractivity contribution in [1.82, 2.24) is 14.7 Å². The number of fused-ring (bicyclic) bond motifs is 1. The fourth-order valence-corrected chi connectivity index (χ4v) is 3.26. The molecule has 0 aliphatic carbocycles. The zero-order chi connectivity index (χ0) is 17.9. The molecule has 0 saturated heterocycles. The maximum atomic E-state index is 12.7. The summed E-state index contributed by atoms with van der Waals surface area (Å²) in [5, 5.41) is 4.40. The van der Waals surface area contributed by atoms with Gasteiger partial charge in [0.25, 0.3) is 5.91 Å². The van der Waals surface area contributed by atoms with Gasteiger partial charge in [0, 0.05) is 31.8 Å². The molecule has 0 spiro atoms. The normalized spacial score (nSPS) is 15.3. The third-order valence-electron chi connectivity index (χ3n) is 4.59. The van der Waals surface area contributed by atoms with Gasteiger partial charge in [0.1, 0.15) is 5.75 Å². The zero-order valence-corrected chi connectivity index (χ0v) is 14.7. The van der Waals surface area contributed by atoms with Crippen molar-refractivity contribution in [3.63, 3.8) is 0 Å². The number of amides is 1. The highest BCUT2D eigenvalue weighted by Gasteiger charge is 2.30. The van der Waals surface area contributed by atoms with Gasteiger partial charge in [-0.2, -0.15) is 5.10 Å². The predicted octanol–water partition coefficient (Wildman–Crippen LogP) is 2.89. The van der Waals surface area contributed by atoms with Crippen LogP contribution in [0, 0.1) is 0 Å². The van der Waals surface area contributed by atoms with Crippen LogP contribution in [0.25, 0.3) is 0 Å². The number of para-hydroxylation sites is 1. The summed E-state index contributed by atoms with van der Waals surface area (Å²) in [6, 6.07) is 18.0. The van der Waals surface area contributed by atoms with Crippen molar-refractivity contribution < 1.29 is 9.53 Å². The molecule has 2 heterocycles. The lowest BCUT2D eigenvalue weighted by Gasteiger charge is -2.20. The second-order valence-corrected chi connectivity index (χ2v) is 6.64. The van der Waals surface area contributed by atoms with Crippen molar-refractivity contribution in [1.29, 1.82) is 0 Å². The molecule has 3 aromatic rings. The van der Waals surface area contributed by atoms with Gasteiger partial charge < -0.3 is 9.64 Å². The molecule has 1 aromatic heterocycles. The Balaban J connectivity index is 1.36. The van der Waals surface area contributed by atoms with Crippen LogP contribution in [0.5, 0.6) is 5.75 Å². The van der Waals surface area contributed by atoms with E-state index in [1.165, 1.54) is 5.56 Å². The molecule has 1 amide bonds. The molecule has 0 fully saturated rings. The molecule has 132 valence electrons. The van der Waals surface area contributed by atoms with E-state index < -0.39 is 6.10 Å². The lowest BCUT2D eigenvalue weighted by Crippen LogP contribution is -2.38. The van der Waals surface area contributed by atoms with E-state index in [9.17, 15) is 4.79 Å². The molecule has 1 aliphatic heterocycles. The summed E-state index contributed by atoms with van der Waals surface area (Å²) in [5.41, 5.74) is 3.30. The Labute approximate surface area is 152 Å². The summed E-state index contributed by atoms with van der Waals surface area (Å²) < 4.78 is 7.69. The number of ether oxygens (including phenoxy) is 1. The van der Waals surface area contributed by atoms with E-state index in [0.717, 1.165) is 23.4 Å². The van der Waals surface area contributed by atoms with Crippen LogP contribution in [-0.4, -0.2) is 33.7 Å². The summed E-state index contributed by atoms with van der Waals surface area (Å²) >= 11 is 0. The number of likely N-dealkylation sites (N-methyl/N-ethyl adjacent to an activating group) is 1. The first-order valence-electron chi connectivity index (χ1n) is 8.74. The first-order chi connectivity index (χ1) is 12.7. The van der Waals surface area contributed by atoms with Gasteiger partial charge in [-0.25, -0.2) is 0 Å². The minimum absolute atomic E-state index is 0.00277. The summed E-state index contributed by atoms with van der Waals surface area (Å²) in [6.45, 7) is 1.24. The van der Waals surface area contributed by atoms with Gasteiger partial charge in [-0.15, -0.1) is 0 Å². The predicted molar refractivity (Wildman–Crippen MR) is 98.8 cm³/mol. The van der Waals surface area contributed by atoms with Crippen molar-refractivity contribution >= 4 is 5.91 Å². The van der Waals surface area contributed by atoms with Gasteiger partial charge in [0.15, 0.2) is 6.10 Å². The molecule has 2 aromatic carbocycles. The van der Waals surface area contributed by atoms with Gasteiger partial charge >= 0.3 is 0 Å². The number of carbonyl (C=O) groups excluding carboxylic acids is 1. The van der Waals surface area contributed by atoms with Crippen molar-refractivity contribution in [3.05, 3.63) is 83.7 Å². The fourth-order valence-electron chi connectivity index (χ4n) is 3.26. The summed E-state index contributed by atoms with van der Waals surface area (Å²) in [4.78, 5) is 14.4. The van der Waals surface area contributed by atoms with E-state index in [4.69, 9.17) is 4.74 Å². The number of benzene rings is 2. The monoisotopic (exact) mass is 347 g/mol. The SMILES string of the molecule is CN(Cc1cnn(Cc2ccccc2)c1)C(=O)[C@@H]1Cc2ccccc2O1. The van der Waals surface area contributed by atoms with E-state index in [0.29, 0.717) is 13.0 Å². The summed E-state index contributed by atoms with van der Waals surface area (Å²) in [7, 11) is 1.81. The Morgan fingerprint density at radius 2 is 1.92 bits per heavy atom.